The number of aliphatic hydroxyl groups is 1. The van der Waals surface area contributed by atoms with Crippen molar-refractivity contribution in [2.45, 2.75) is 25.4 Å². The Bertz CT molecular complexity index is 151. The highest BCUT2D eigenvalue weighted by Gasteiger charge is 2.24. The fraction of sp³-hybridized carbons (Fsp3) is 0.714. The third-order valence-electron chi connectivity index (χ3n) is 0.874. The van der Waals surface area contributed by atoms with E-state index in [-0.39, 0.29) is 6.61 Å². The van der Waals surface area contributed by atoms with Crippen LogP contribution in [0.3, 0.4) is 0 Å². The summed E-state index contributed by atoms with van der Waals surface area (Å²) >= 11 is 0. The summed E-state index contributed by atoms with van der Waals surface area (Å²) in [4.78, 5) is 0. The fourth-order valence-corrected chi connectivity index (χ4v) is 0.419. The van der Waals surface area contributed by atoms with Crippen LogP contribution in [-0.4, -0.2) is 17.9 Å². The molecule has 64 valence electrons. The number of unbranched alkanes of at least 4 members (excludes halogenated alkanes) is 1. The van der Waals surface area contributed by atoms with Crippen molar-refractivity contribution >= 4 is 0 Å². The van der Waals surface area contributed by atoms with Crippen LogP contribution in [0.25, 0.3) is 0 Å². The molecule has 0 aliphatic heterocycles. The molecule has 0 bridgehead atoms. The average molecular weight is 166 g/mol. The summed E-state index contributed by atoms with van der Waals surface area (Å²) < 4.78 is 34.2. The summed E-state index contributed by atoms with van der Waals surface area (Å²) in [6.45, 7) is -0.0271. The van der Waals surface area contributed by atoms with Crippen LogP contribution in [0.15, 0.2) is 0 Å². The molecule has 1 nitrogen and oxygen atoms in total. The molecule has 0 aromatic heterocycles. The highest BCUT2D eigenvalue weighted by Crippen LogP contribution is 2.17. The molecule has 0 saturated carbocycles. The minimum Gasteiger partial charge on any atom is -0.396 e. The number of halogens is 3. The Labute approximate surface area is 63.2 Å². The molecule has 0 aromatic rings. The maximum absolute atomic E-state index is 11.4. The van der Waals surface area contributed by atoms with Crippen molar-refractivity contribution in [2.24, 2.45) is 0 Å². The van der Waals surface area contributed by atoms with Gasteiger partial charge in [-0.3, -0.25) is 0 Å². The highest BCUT2D eigenvalue weighted by atomic mass is 19.4. The quantitative estimate of drug-likeness (QED) is 0.489. The van der Waals surface area contributed by atoms with E-state index >= 15 is 0 Å². The molecule has 0 rings (SSSR count). The Kier molecular flexibility index (Phi) is 4.71. The number of alkyl halides is 3. The van der Waals surface area contributed by atoms with Gasteiger partial charge >= 0.3 is 6.18 Å². The van der Waals surface area contributed by atoms with Gasteiger partial charge in [0.05, 0.1) is 0 Å². The summed E-state index contributed by atoms with van der Waals surface area (Å²) in [7, 11) is 0. The van der Waals surface area contributed by atoms with Crippen molar-refractivity contribution in [3.63, 3.8) is 0 Å². The lowest BCUT2D eigenvalue weighted by atomic mass is 10.3. The van der Waals surface area contributed by atoms with Gasteiger partial charge in [0, 0.05) is 13.0 Å². The molecule has 0 aliphatic carbocycles. The maximum atomic E-state index is 11.4. The Morgan fingerprint density at radius 2 is 1.82 bits per heavy atom. The molecular weight excluding hydrogens is 157 g/mol. The second-order valence-electron chi connectivity index (χ2n) is 1.97. The lowest BCUT2D eigenvalue weighted by Gasteiger charge is -1.97. The molecule has 11 heavy (non-hydrogen) atoms. The van der Waals surface area contributed by atoms with Gasteiger partial charge in [0.2, 0.25) is 0 Å². The Morgan fingerprint density at radius 1 is 1.18 bits per heavy atom. The van der Waals surface area contributed by atoms with Crippen LogP contribution in [0.2, 0.25) is 0 Å². The predicted octanol–water partition coefficient (Wildman–Crippen LogP) is 1.71. The highest BCUT2D eigenvalue weighted by molar-refractivity contribution is 5.00. The molecule has 0 unspecified atom stereocenters. The first-order valence-electron chi connectivity index (χ1n) is 3.19. The number of hydrogen-bond donors (Lipinski definition) is 1. The molecule has 0 amide bonds. The van der Waals surface area contributed by atoms with Crippen LogP contribution in [-0.2, 0) is 0 Å². The average Bonchev–Trinajstić information content (AvgIpc) is 1.85. The number of hydrogen-bond acceptors (Lipinski definition) is 1. The predicted molar refractivity (Wildman–Crippen MR) is 34.8 cm³/mol. The second kappa shape index (κ2) is 5.03. The van der Waals surface area contributed by atoms with Crippen molar-refractivity contribution < 1.29 is 18.3 Å². The molecule has 0 aliphatic rings. The molecule has 0 fully saturated rings. The molecule has 0 radical (unpaired) electrons. The molecule has 4 heteroatoms. The molecule has 0 saturated heterocycles. The van der Waals surface area contributed by atoms with Gasteiger partial charge in [-0.05, 0) is 6.42 Å². The molecule has 0 heterocycles. The van der Waals surface area contributed by atoms with Gasteiger partial charge in [0.15, 0.2) is 0 Å². The first-order valence-corrected chi connectivity index (χ1v) is 3.19. The van der Waals surface area contributed by atoms with E-state index in [0.29, 0.717) is 12.8 Å². The summed E-state index contributed by atoms with van der Waals surface area (Å²) in [5, 5.41) is 8.24. The zero-order chi connectivity index (χ0) is 8.74. The van der Waals surface area contributed by atoms with E-state index in [1.807, 2.05) is 5.92 Å². The van der Waals surface area contributed by atoms with Gasteiger partial charge in [-0.15, -0.1) is 5.92 Å². The van der Waals surface area contributed by atoms with Crippen LogP contribution in [0.1, 0.15) is 19.3 Å². The van der Waals surface area contributed by atoms with Gasteiger partial charge < -0.3 is 5.11 Å². The minimum absolute atomic E-state index is 0.0271. The van der Waals surface area contributed by atoms with Crippen molar-refractivity contribution in [1.29, 1.82) is 0 Å². The number of aliphatic hydroxyl groups excluding tert-OH is 1. The van der Waals surface area contributed by atoms with E-state index in [1.54, 1.807) is 0 Å². The summed E-state index contributed by atoms with van der Waals surface area (Å²) in [6.07, 6.45) is -4.48. The van der Waals surface area contributed by atoms with Crippen molar-refractivity contribution in [3.05, 3.63) is 0 Å². The SMILES string of the molecule is OCCCC#CCC(F)(F)F. The van der Waals surface area contributed by atoms with Crippen molar-refractivity contribution in [1.82, 2.24) is 0 Å². The lowest BCUT2D eigenvalue weighted by Crippen LogP contribution is -2.04. The molecule has 0 spiro atoms. The first kappa shape index (κ1) is 10.3. The van der Waals surface area contributed by atoms with E-state index in [9.17, 15) is 13.2 Å². The van der Waals surface area contributed by atoms with E-state index in [1.165, 1.54) is 0 Å². The third kappa shape index (κ3) is 9.31. The molecule has 0 atom stereocenters. The second-order valence-corrected chi connectivity index (χ2v) is 1.97. The molecule has 1 N–H and O–H groups in total. The van der Waals surface area contributed by atoms with E-state index in [4.69, 9.17) is 5.11 Å². The summed E-state index contributed by atoms with van der Waals surface area (Å²) in [5.74, 6) is 4.29. The normalized spacial score (nSPS) is 10.5. The Hall–Kier alpha value is -0.690. The summed E-state index contributed by atoms with van der Waals surface area (Å²) in [5.41, 5.74) is 0. The van der Waals surface area contributed by atoms with Crippen LogP contribution < -0.4 is 0 Å². The van der Waals surface area contributed by atoms with E-state index in [2.05, 4.69) is 5.92 Å². The van der Waals surface area contributed by atoms with Crippen LogP contribution in [0.4, 0.5) is 13.2 Å². The van der Waals surface area contributed by atoms with E-state index in [0.717, 1.165) is 0 Å². The zero-order valence-electron chi connectivity index (χ0n) is 5.91. The van der Waals surface area contributed by atoms with Gasteiger partial charge in [-0.2, -0.15) is 13.2 Å². The smallest absolute Gasteiger partial charge is 0.396 e. The van der Waals surface area contributed by atoms with Crippen molar-refractivity contribution in [2.75, 3.05) is 6.61 Å². The van der Waals surface area contributed by atoms with Gasteiger partial charge in [-0.25, -0.2) is 0 Å². The summed E-state index contributed by atoms with van der Waals surface area (Å²) in [6, 6.07) is 0. The van der Waals surface area contributed by atoms with Crippen LogP contribution in [0.5, 0.6) is 0 Å². The largest absolute Gasteiger partial charge is 0.399 e. The zero-order valence-corrected chi connectivity index (χ0v) is 5.91. The first-order chi connectivity index (χ1) is 5.06. The molecule has 0 aromatic carbocycles. The van der Waals surface area contributed by atoms with Gasteiger partial charge in [0.25, 0.3) is 0 Å². The van der Waals surface area contributed by atoms with Crippen LogP contribution in [0, 0.1) is 11.8 Å². The van der Waals surface area contributed by atoms with Crippen LogP contribution >= 0.6 is 0 Å². The molecular formula is C7H9F3O. The monoisotopic (exact) mass is 166 g/mol. The maximum Gasteiger partial charge on any atom is 0.399 e. The Balaban J connectivity index is 3.41. The van der Waals surface area contributed by atoms with Gasteiger partial charge in [0.1, 0.15) is 6.42 Å². The van der Waals surface area contributed by atoms with Crippen molar-refractivity contribution in [3.8, 4) is 11.8 Å². The third-order valence-corrected chi connectivity index (χ3v) is 0.874. The lowest BCUT2D eigenvalue weighted by molar-refractivity contribution is -0.123. The minimum atomic E-state index is -4.19. The fourth-order valence-electron chi connectivity index (χ4n) is 0.419. The van der Waals surface area contributed by atoms with E-state index < -0.39 is 12.6 Å². The number of rotatable bonds is 2. The standard InChI is InChI=1S/C7H9F3O/c8-7(9,10)5-3-1-2-4-6-11/h11H,2,4-6H2. The topological polar surface area (TPSA) is 20.2 Å². The van der Waals surface area contributed by atoms with Gasteiger partial charge in [-0.1, -0.05) is 5.92 Å². The Morgan fingerprint density at radius 3 is 2.27 bits per heavy atom.